The fourth-order valence-corrected chi connectivity index (χ4v) is 5.00. The molecule has 0 aromatic heterocycles. The maximum atomic E-state index is 5.19. The molecular weight excluding hydrogens is 260 g/mol. The Morgan fingerprint density at radius 1 is 0.900 bits per heavy atom. The van der Waals surface area contributed by atoms with E-state index in [1.54, 1.807) is 12.3 Å². The summed E-state index contributed by atoms with van der Waals surface area (Å²) in [5.41, 5.74) is 1.41. The van der Waals surface area contributed by atoms with E-state index in [1.165, 1.54) is 18.0 Å². The molecule has 0 spiro atoms. The van der Waals surface area contributed by atoms with Gasteiger partial charge < -0.3 is 4.74 Å². The van der Waals surface area contributed by atoms with Gasteiger partial charge in [0.25, 0.3) is 0 Å². The lowest BCUT2D eigenvalue weighted by Crippen LogP contribution is -2.40. The molecular formula is C18H24OSi. The van der Waals surface area contributed by atoms with Crippen molar-refractivity contribution in [1.29, 1.82) is 0 Å². The molecule has 0 aliphatic heterocycles. The third-order valence-corrected chi connectivity index (χ3v) is 7.48. The summed E-state index contributed by atoms with van der Waals surface area (Å²) in [6, 6.07) is 20.8. The fourth-order valence-electron chi connectivity index (χ4n) is 2.56. The largest absolute Gasteiger partial charge is 0.497 e. The molecule has 0 radical (unpaired) electrons. The van der Waals surface area contributed by atoms with Crippen molar-refractivity contribution in [3.63, 3.8) is 0 Å². The quantitative estimate of drug-likeness (QED) is 0.721. The second-order valence-corrected chi connectivity index (χ2v) is 10.8. The van der Waals surface area contributed by atoms with Crippen molar-refractivity contribution in [2.45, 2.75) is 32.0 Å². The molecule has 0 saturated heterocycles. The molecule has 0 unspecified atom stereocenters. The molecule has 0 atom stereocenters. The number of hydrogen-bond donors (Lipinski definition) is 0. The Bertz CT molecular complexity index is 517. The predicted octanol–water partition coefficient (Wildman–Crippen LogP) is 4.24. The molecule has 0 aliphatic rings. The number of methoxy groups -OCH3 is 1. The van der Waals surface area contributed by atoms with Crippen LogP contribution in [0.4, 0.5) is 0 Å². The highest BCUT2D eigenvalue weighted by molar-refractivity contribution is 6.89. The first-order valence-electron chi connectivity index (χ1n) is 7.30. The topological polar surface area (TPSA) is 9.23 Å². The SMILES string of the molecule is COc1ccc(CCC[Si](C)(C)c2ccccc2)cc1. The standard InChI is InChI=1S/C18H24OSi/c1-19-17-13-11-16(12-14-17)8-7-15-20(2,3)18-9-5-4-6-10-18/h4-6,9-14H,7-8,15H2,1-3H3. The number of benzene rings is 2. The van der Waals surface area contributed by atoms with Crippen LogP contribution in [0.1, 0.15) is 12.0 Å². The Kier molecular flexibility index (Phi) is 5.02. The van der Waals surface area contributed by atoms with Gasteiger partial charge in [-0.1, -0.05) is 73.2 Å². The van der Waals surface area contributed by atoms with Crippen molar-refractivity contribution in [1.82, 2.24) is 0 Å². The van der Waals surface area contributed by atoms with E-state index in [0.717, 1.165) is 12.2 Å². The van der Waals surface area contributed by atoms with Gasteiger partial charge in [0, 0.05) is 0 Å². The van der Waals surface area contributed by atoms with E-state index in [9.17, 15) is 0 Å². The summed E-state index contributed by atoms with van der Waals surface area (Å²) >= 11 is 0. The molecule has 2 heteroatoms. The fraction of sp³-hybridized carbons (Fsp3) is 0.333. The Labute approximate surface area is 123 Å². The molecule has 106 valence electrons. The lowest BCUT2D eigenvalue weighted by molar-refractivity contribution is 0.414. The molecule has 0 N–H and O–H groups in total. The summed E-state index contributed by atoms with van der Waals surface area (Å²) in [5.74, 6) is 0.938. The van der Waals surface area contributed by atoms with Gasteiger partial charge in [0.2, 0.25) is 0 Å². The second-order valence-electron chi connectivity index (χ2n) is 5.95. The van der Waals surface area contributed by atoms with Gasteiger partial charge in [-0.15, -0.1) is 0 Å². The predicted molar refractivity (Wildman–Crippen MR) is 89.7 cm³/mol. The Morgan fingerprint density at radius 3 is 2.15 bits per heavy atom. The van der Waals surface area contributed by atoms with Crippen molar-refractivity contribution in [3.05, 3.63) is 60.2 Å². The molecule has 0 heterocycles. The third kappa shape index (κ3) is 3.97. The molecule has 0 aliphatic carbocycles. The minimum atomic E-state index is -1.28. The minimum absolute atomic E-state index is 0.938. The summed E-state index contributed by atoms with van der Waals surface area (Å²) in [6.45, 7) is 4.94. The highest BCUT2D eigenvalue weighted by Crippen LogP contribution is 2.17. The third-order valence-electron chi connectivity index (χ3n) is 3.98. The number of aryl methyl sites for hydroxylation is 1. The summed E-state index contributed by atoms with van der Waals surface area (Å²) in [7, 11) is 0.436. The Hall–Kier alpha value is -1.54. The maximum Gasteiger partial charge on any atom is 0.118 e. The van der Waals surface area contributed by atoms with E-state index >= 15 is 0 Å². The molecule has 1 nitrogen and oxygen atoms in total. The average molecular weight is 284 g/mol. The van der Waals surface area contributed by atoms with Crippen LogP contribution in [0.25, 0.3) is 0 Å². The second kappa shape index (κ2) is 6.75. The molecule has 20 heavy (non-hydrogen) atoms. The van der Waals surface area contributed by atoms with E-state index < -0.39 is 8.07 Å². The first kappa shape index (κ1) is 14.9. The first-order chi connectivity index (χ1) is 9.62. The van der Waals surface area contributed by atoms with Crippen LogP contribution in [0.2, 0.25) is 19.1 Å². The Morgan fingerprint density at radius 2 is 1.55 bits per heavy atom. The normalized spacial score (nSPS) is 11.3. The van der Waals surface area contributed by atoms with Crippen molar-refractivity contribution in [2.24, 2.45) is 0 Å². The van der Waals surface area contributed by atoms with Crippen LogP contribution in [0.15, 0.2) is 54.6 Å². The van der Waals surface area contributed by atoms with Gasteiger partial charge in [-0.05, 0) is 24.1 Å². The highest BCUT2D eigenvalue weighted by Gasteiger charge is 2.22. The van der Waals surface area contributed by atoms with Gasteiger partial charge >= 0.3 is 0 Å². The molecule has 0 bridgehead atoms. The van der Waals surface area contributed by atoms with Gasteiger partial charge in [0.05, 0.1) is 15.2 Å². The van der Waals surface area contributed by atoms with Crippen LogP contribution in [0.5, 0.6) is 5.75 Å². The van der Waals surface area contributed by atoms with Crippen LogP contribution >= 0.6 is 0 Å². The number of hydrogen-bond acceptors (Lipinski definition) is 1. The number of ether oxygens (including phenoxy) is 1. The molecule has 2 aromatic rings. The van der Waals surface area contributed by atoms with Crippen LogP contribution in [0, 0.1) is 0 Å². The molecule has 0 saturated carbocycles. The summed E-state index contributed by atoms with van der Waals surface area (Å²) in [6.07, 6.45) is 2.42. The first-order valence-corrected chi connectivity index (χ1v) is 10.5. The molecule has 2 aromatic carbocycles. The smallest absolute Gasteiger partial charge is 0.118 e. The lowest BCUT2D eigenvalue weighted by atomic mass is 10.1. The van der Waals surface area contributed by atoms with E-state index in [1.807, 2.05) is 0 Å². The zero-order chi connectivity index (χ0) is 14.4. The number of rotatable bonds is 6. The lowest BCUT2D eigenvalue weighted by Gasteiger charge is -2.22. The van der Waals surface area contributed by atoms with Crippen LogP contribution in [-0.4, -0.2) is 15.2 Å². The van der Waals surface area contributed by atoms with Gasteiger partial charge in [0.1, 0.15) is 5.75 Å². The van der Waals surface area contributed by atoms with Crippen molar-refractivity contribution >= 4 is 13.3 Å². The molecule has 0 fully saturated rings. The highest BCUT2D eigenvalue weighted by atomic mass is 28.3. The van der Waals surface area contributed by atoms with Crippen LogP contribution in [0.3, 0.4) is 0 Å². The van der Waals surface area contributed by atoms with E-state index in [0.29, 0.717) is 0 Å². The summed E-state index contributed by atoms with van der Waals surface area (Å²) in [5, 5.41) is 1.56. The van der Waals surface area contributed by atoms with E-state index in [2.05, 4.69) is 67.7 Å². The van der Waals surface area contributed by atoms with Gasteiger partial charge in [-0.2, -0.15) is 0 Å². The summed E-state index contributed by atoms with van der Waals surface area (Å²) < 4.78 is 5.19. The van der Waals surface area contributed by atoms with Crippen LogP contribution < -0.4 is 9.92 Å². The zero-order valence-corrected chi connectivity index (χ0v) is 13.7. The van der Waals surface area contributed by atoms with E-state index in [4.69, 9.17) is 4.74 Å². The van der Waals surface area contributed by atoms with Gasteiger partial charge in [-0.25, -0.2) is 0 Å². The van der Waals surface area contributed by atoms with Gasteiger partial charge in [0.15, 0.2) is 0 Å². The average Bonchev–Trinajstić information content (AvgIpc) is 2.49. The zero-order valence-electron chi connectivity index (χ0n) is 12.7. The maximum absolute atomic E-state index is 5.19. The van der Waals surface area contributed by atoms with Crippen molar-refractivity contribution in [2.75, 3.05) is 7.11 Å². The summed E-state index contributed by atoms with van der Waals surface area (Å²) in [4.78, 5) is 0. The van der Waals surface area contributed by atoms with Crippen LogP contribution in [-0.2, 0) is 6.42 Å². The van der Waals surface area contributed by atoms with E-state index in [-0.39, 0.29) is 0 Å². The van der Waals surface area contributed by atoms with Gasteiger partial charge in [-0.3, -0.25) is 0 Å². The minimum Gasteiger partial charge on any atom is -0.497 e. The molecule has 0 amide bonds. The Balaban J connectivity index is 1.88. The van der Waals surface area contributed by atoms with Crippen molar-refractivity contribution in [3.8, 4) is 5.75 Å². The monoisotopic (exact) mass is 284 g/mol. The van der Waals surface area contributed by atoms with Crippen molar-refractivity contribution < 1.29 is 4.74 Å². The molecule has 2 rings (SSSR count).